The van der Waals surface area contributed by atoms with Crippen molar-refractivity contribution in [1.82, 2.24) is 0 Å². The van der Waals surface area contributed by atoms with E-state index in [1.54, 1.807) is 6.92 Å². The van der Waals surface area contributed by atoms with E-state index in [0.717, 1.165) is 0 Å². The van der Waals surface area contributed by atoms with Crippen LogP contribution in [0.15, 0.2) is 11.0 Å². The number of allylic oxidation sites excluding steroid dienone is 1. The van der Waals surface area contributed by atoms with E-state index >= 15 is 0 Å². The maximum absolute atomic E-state index is 7.97. The van der Waals surface area contributed by atoms with Crippen molar-refractivity contribution < 1.29 is 0 Å². The van der Waals surface area contributed by atoms with Crippen molar-refractivity contribution in [2.45, 2.75) is 6.92 Å². The third-order valence-electron chi connectivity index (χ3n) is 0.370. The van der Waals surface area contributed by atoms with Gasteiger partial charge in [-0.2, -0.15) is 17.9 Å². The van der Waals surface area contributed by atoms with Gasteiger partial charge in [0.05, 0.1) is 6.07 Å². The molecule has 0 aliphatic carbocycles. The fraction of sp³-hybridized carbons (Fsp3) is 0.250. The minimum atomic E-state index is 0.637. The van der Waals surface area contributed by atoms with Crippen LogP contribution in [0.5, 0.6) is 0 Å². The zero-order valence-electron chi connectivity index (χ0n) is 3.47. The Balaban J connectivity index is 3.61. The van der Waals surface area contributed by atoms with E-state index in [1.165, 1.54) is 5.41 Å². The van der Waals surface area contributed by atoms with Crippen LogP contribution >= 0.6 is 12.6 Å². The Labute approximate surface area is 42.7 Å². The van der Waals surface area contributed by atoms with Crippen LogP contribution in [0.1, 0.15) is 6.92 Å². The lowest BCUT2D eigenvalue weighted by Crippen LogP contribution is -1.56. The second-order valence-electron chi connectivity index (χ2n) is 0.924. The predicted molar refractivity (Wildman–Crippen MR) is 28.4 cm³/mol. The fourth-order valence-electron chi connectivity index (χ4n) is 0.0289. The number of nitriles is 1. The molecular weight excluding hydrogens is 94.1 g/mol. The van der Waals surface area contributed by atoms with E-state index in [1.807, 2.05) is 6.07 Å². The molecule has 2 heteroatoms. The first-order chi connectivity index (χ1) is 2.81. The molecule has 0 saturated heterocycles. The van der Waals surface area contributed by atoms with Crippen molar-refractivity contribution in [1.29, 1.82) is 5.26 Å². The van der Waals surface area contributed by atoms with Gasteiger partial charge in [0.25, 0.3) is 0 Å². The molecule has 6 heavy (non-hydrogen) atoms. The van der Waals surface area contributed by atoms with Crippen LogP contribution < -0.4 is 0 Å². The zero-order chi connectivity index (χ0) is 4.99. The largest absolute Gasteiger partial charge is 0.193 e. The van der Waals surface area contributed by atoms with Gasteiger partial charge in [-0.1, -0.05) is 0 Å². The summed E-state index contributed by atoms with van der Waals surface area (Å²) in [4.78, 5) is 0. The van der Waals surface area contributed by atoms with Crippen molar-refractivity contribution in [3.63, 3.8) is 0 Å². The third kappa shape index (κ3) is 1.86. The summed E-state index contributed by atoms with van der Waals surface area (Å²) in [5.74, 6) is 0. The standard InChI is InChI=1S/C4H5NS/c1-4(2-5)3-6/h3,6H,1H3/b4-3-. The van der Waals surface area contributed by atoms with Crippen molar-refractivity contribution in [2.24, 2.45) is 0 Å². The number of rotatable bonds is 0. The van der Waals surface area contributed by atoms with Gasteiger partial charge in [-0.25, -0.2) is 0 Å². The van der Waals surface area contributed by atoms with Crippen LogP contribution in [-0.2, 0) is 0 Å². The minimum absolute atomic E-state index is 0.637. The SMILES string of the molecule is C/C(C#N)=C/S. The minimum Gasteiger partial charge on any atom is -0.193 e. The molecule has 0 fully saturated rings. The first-order valence-corrected chi connectivity index (χ1v) is 2.04. The molecule has 32 valence electrons. The summed E-state index contributed by atoms with van der Waals surface area (Å²) in [5, 5.41) is 9.44. The molecule has 0 spiro atoms. The maximum Gasteiger partial charge on any atom is 0.0949 e. The first-order valence-electron chi connectivity index (χ1n) is 1.52. The smallest absolute Gasteiger partial charge is 0.0949 e. The summed E-state index contributed by atoms with van der Waals surface area (Å²) >= 11 is 3.71. The van der Waals surface area contributed by atoms with Crippen LogP contribution in [0, 0.1) is 11.3 Å². The quantitative estimate of drug-likeness (QED) is 0.359. The molecule has 0 radical (unpaired) electrons. The molecule has 0 aromatic carbocycles. The van der Waals surface area contributed by atoms with Gasteiger partial charge in [0.2, 0.25) is 0 Å². The lowest BCUT2D eigenvalue weighted by Gasteiger charge is -1.69. The summed E-state index contributed by atoms with van der Waals surface area (Å²) in [6, 6.07) is 1.90. The number of hydrogen-bond donors (Lipinski definition) is 1. The van der Waals surface area contributed by atoms with Crippen LogP contribution in [0.3, 0.4) is 0 Å². The average molecular weight is 99.2 g/mol. The highest BCUT2D eigenvalue weighted by atomic mass is 32.1. The second kappa shape index (κ2) is 2.80. The van der Waals surface area contributed by atoms with Gasteiger partial charge in [0.1, 0.15) is 0 Å². The molecule has 0 saturated carbocycles. The summed E-state index contributed by atoms with van der Waals surface area (Å²) in [6.45, 7) is 1.70. The maximum atomic E-state index is 7.97. The van der Waals surface area contributed by atoms with Gasteiger partial charge in [0.15, 0.2) is 0 Å². The van der Waals surface area contributed by atoms with Crippen LogP contribution in [0.25, 0.3) is 0 Å². The number of thiol groups is 1. The Hall–Kier alpha value is -0.420. The molecule has 0 aliphatic rings. The van der Waals surface area contributed by atoms with Gasteiger partial charge in [-0.15, -0.1) is 0 Å². The van der Waals surface area contributed by atoms with Crippen molar-refractivity contribution >= 4 is 12.6 Å². The molecule has 0 aromatic rings. The monoisotopic (exact) mass is 99.0 g/mol. The van der Waals surface area contributed by atoms with Crippen LogP contribution in [0.4, 0.5) is 0 Å². The molecule has 0 unspecified atom stereocenters. The molecule has 0 aromatic heterocycles. The lowest BCUT2D eigenvalue weighted by atomic mass is 10.4. The van der Waals surface area contributed by atoms with Gasteiger partial charge in [-0.3, -0.25) is 0 Å². The summed E-state index contributed by atoms with van der Waals surface area (Å²) < 4.78 is 0. The molecule has 0 heterocycles. The van der Waals surface area contributed by atoms with E-state index in [2.05, 4.69) is 12.6 Å². The molecule has 0 N–H and O–H groups in total. The van der Waals surface area contributed by atoms with Gasteiger partial charge < -0.3 is 0 Å². The van der Waals surface area contributed by atoms with E-state index in [4.69, 9.17) is 5.26 Å². The highest BCUT2D eigenvalue weighted by Crippen LogP contribution is 1.88. The second-order valence-corrected chi connectivity index (χ2v) is 1.18. The molecular formula is C4H5NS. The Bertz CT molecular complexity index is 98.6. The zero-order valence-corrected chi connectivity index (χ0v) is 4.37. The van der Waals surface area contributed by atoms with Gasteiger partial charge in [-0.05, 0) is 12.3 Å². The molecule has 0 rings (SSSR count). The summed E-state index contributed by atoms with van der Waals surface area (Å²) in [5.41, 5.74) is 0.637. The Morgan fingerprint density at radius 3 is 2.50 bits per heavy atom. The Kier molecular flexibility index (Phi) is 2.60. The topological polar surface area (TPSA) is 23.8 Å². The van der Waals surface area contributed by atoms with Crippen LogP contribution in [-0.4, -0.2) is 0 Å². The number of hydrogen-bond acceptors (Lipinski definition) is 2. The molecule has 0 amide bonds. The highest BCUT2D eigenvalue weighted by molar-refractivity contribution is 7.83. The highest BCUT2D eigenvalue weighted by Gasteiger charge is 1.72. The Morgan fingerprint density at radius 1 is 2.00 bits per heavy atom. The molecule has 0 atom stereocenters. The van der Waals surface area contributed by atoms with Crippen molar-refractivity contribution in [3.05, 3.63) is 11.0 Å². The first kappa shape index (κ1) is 5.58. The van der Waals surface area contributed by atoms with E-state index in [9.17, 15) is 0 Å². The molecule has 0 aliphatic heterocycles. The van der Waals surface area contributed by atoms with Crippen molar-refractivity contribution in [2.75, 3.05) is 0 Å². The average Bonchev–Trinajstić information content (AvgIpc) is 1.65. The van der Waals surface area contributed by atoms with E-state index < -0.39 is 0 Å². The normalized spacial score (nSPS) is 10.5. The number of nitrogens with zero attached hydrogens (tertiary/aromatic N) is 1. The van der Waals surface area contributed by atoms with Crippen molar-refractivity contribution in [3.8, 4) is 6.07 Å². The van der Waals surface area contributed by atoms with Gasteiger partial charge >= 0.3 is 0 Å². The van der Waals surface area contributed by atoms with Gasteiger partial charge in [0, 0.05) is 5.57 Å². The van der Waals surface area contributed by atoms with E-state index in [-0.39, 0.29) is 0 Å². The lowest BCUT2D eigenvalue weighted by molar-refractivity contribution is 1.46. The van der Waals surface area contributed by atoms with Crippen LogP contribution in [0.2, 0.25) is 0 Å². The fourth-order valence-corrected chi connectivity index (χ4v) is 0.0866. The third-order valence-corrected chi connectivity index (χ3v) is 0.757. The summed E-state index contributed by atoms with van der Waals surface area (Å²) in [6.07, 6.45) is 0. The molecule has 0 bridgehead atoms. The molecule has 1 nitrogen and oxygen atoms in total. The summed E-state index contributed by atoms with van der Waals surface area (Å²) in [7, 11) is 0. The Morgan fingerprint density at radius 2 is 2.50 bits per heavy atom. The predicted octanol–water partition coefficient (Wildman–Crippen LogP) is 1.34. The van der Waals surface area contributed by atoms with E-state index in [0.29, 0.717) is 5.57 Å².